The summed E-state index contributed by atoms with van der Waals surface area (Å²) in [4.78, 5) is 37.3. The number of hydrogen-bond donors (Lipinski definition) is 1. The van der Waals surface area contributed by atoms with Crippen molar-refractivity contribution < 1.29 is 9.53 Å². The van der Waals surface area contributed by atoms with Gasteiger partial charge in [-0.15, -0.1) is 0 Å². The summed E-state index contributed by atoms with van der Waals surface area (Å²) in [6.45, 7) is 7.89. The van der Waals surface area contributed by atoms with Gasteiger partial charge >= 0.3 is 0 Å². The van der Waals surface area contributed by atoms with Crippen LogP contribution in [0.4, 0.5) is 17.3 Å². The fourth-order valence-electron chi connectivity index (χ4n) is 5.72. The summed E-state index contributed by atoms with van der Waals surface area (Å²) in [5.41, 5.74) is 9.03. The Labute approximate surface area is 198 Å². The molecule has 6 rings (SSSR count). The smallest absolute Gasteiger partial charge is 0.224 e. The number of ether oxygens (including phenoxy) is 1. The number of rotatable bonds is 1. The number of nitrogens with zero attached hydrogens (tertiary/aromatic N) is 7. The molecule has 34 heavy (non-hydrogen) atoms. The monoisotopic (exact) mass is 462 g/mol. The van der Waals surface area contributed by atoms with Gasteiger partial charge < -0.3 is 25.2 Å². The number of hydrogen-bond acceptors (Lipinski definition) is 9. The van der Waals surface area contributed by atoms with Crippen molar-refractivity contribution >= 4 is 29.1 Å². The summed E-state index contributed by atoms with van der Waals surface area (Å²) in [6.07, 6.45) is 5.73. The lowest BCUT2D eigenvalue weighted by atomic mass is 9.73. The van der Waals surface area contributed by atoms with Crippen LogP contribution in [0.25, 0.3) is 0 Å². The van der Waals surface area contributed by atoms with Crippen LogP contribution in [0, 0.1) is 5.41 Å². The second-order valence-corrected chi connectivity index (χ2v) is 9.72. The standard InChI is InChI=1S/C24H30N8O2/c1-15-21(25)24(14-34-15)5-8-30(9-6-24)19-13-27-20-17(29-19)12-28-23(20)32-11-10-31(16(2)33)18-4-3-7-26-22(18)32/h3-4,7,13,15,21H,5-6,8-12,14,25H2,1-2H3/t15-,21+/m0/s1. The van der Waals surface area contributed by atoms with Crippen LogP contribution >= 0.6 is 0 Å². The molecule has 4 aliphatic rings. The van der Waals surface area contributed by atoms with Crippen molar-refractivity contribution in [1.82, 2.24) is 15.0 Å². The number of amides is 1. The predicted molar refractivity (Wildman–Crippen MR) is 129 cm³/mol. The lowest BCUT2D eigenvalue weighted by Gasteiger charge is -2.41. The Balaban J connectivity index is 1.21. The highest BCUT2D eigenvalue weighted by molar-refractivity contribution is 6.13. The van der Waals surface area contributed by atoms with Crippen LogP contribution in [-0.4, -0.2) is 71.6 Å². The molecule has 4 aliphatic heterocycles. The average Bonchev–Trinajstić information content (AvgIpc) is 3.40. The first kappa shape index (κ1) is 21.4. The second-order valence-electron chi connectivity index (χ2n) is 9.72. The molecule has 2 aromatic rings. The zero-order valence-electron chi connectivity index (χ0n) is 19.6. The molecule has 0 saturated carbocycles. The van der Waals surface area contributed by atoms with E-state index < -0.39 is 0 Å². The molecule has 1 amide bonds. The van der Waals surface area contributed by atoms with E-state index in [9.17, 15) is 4.79 Å². The highest BCUT2D eigenvalue weighted by Crippen LogP contribution is 2.42. The fourth-order valence-corrected chi connectivity index (χ4v) is 5.72. The van der Waals surface area contributed by atoms with Crippen molar-refractivity contribution in [2.45, 2.75) is 45.4 Å². The summed E-state index contributed by atoms with van der Waals surface area (Å²) < 4.78 is 5.86. The minimum atomic E-state index is 0.00925. The Kier molecular flexibility index (Phi) is 5.03. The number of carbonyl (C=O) groups excluding carboxylic acids is 1. The van der Waals surface area contributed by atoms with Crippen molar-refractivity contribution in [3.05, 3.63) is 35.9 Å². The van der Waals surface area contributed by atoms with Crippen LogP contribution in [0.15, 0.2) is 29.5 Å². The number of piperidine rings is 1. The number of carbonyl (C=O) groups is 1. The van der Waals surface area contributed by atoms with E-state index in [1.165, 1.54) is 0 Å². The van der Waals surface area contributed by atoms with E-state index >= 15 is 0 Å². The summed E-state index contributed by atoms with van der Waals surface area (Å²) in [5.74, 6) is 2.41. The van der Waals surface area contributed by atoms with Gasteiger partial charge in [-0.2, -0.15) is 0 Å². The second kappa shape index (κ2) is 7.99. The number of nitrogens with two attached hydrogens (primary N) is 1. The van der Waals surface area contributed by atoms with Gasteiger partial charge in [0.15, 0.2) is 11.7 Å². The van der Waals surface area contributed by atoms with Gasteiger partial charge in [-0.05, 0) is 31.9 Å². The van der Waals surface area contributed by atoms with Gasteiger partial charge in [0.2, 0.25) is 5.91 Å². The topological polar surface area (TPSA) is 113 Å². The third-order valence-electron chi connectivity index (χ3n) is 7.85. The Morgan fingerprint density at radius 1 is 1.21 bits per heavy atom. The van der Waals surface area contributed by atoms with Gasteiger partial charge in [-0.3, -0.25) is 9.79 Å². The van der Waals surface area contributed by atoms with Crippen LogP contribution < -0.4 is 20.4 Å². The van der Waals surface area contributed by atoms with E-state index in [4.69, 9.17) is 25.4 Å². The normalized spacial score (nSPS) is 25.4. The van der Waals surface area contributed by atoms with Gasteiger partial charge in [-0.1, -0.05) is 0 Å². The van der Waals surface area contributed by atoms with Crippen LogP contribution in [0.1, 0.15) is 38.1 Å². The molecule has 0 unspecified atom stereocenters. The molecular weight excluding hydrogens is 432 g/mol. The van der Waals surface area contributed by atoms with E-state index in [0.29, 0.717) is 19.6 Å². The molecule has 10 nitrogen and oxygen atoms in total. The van der Waals surface area contributed by atoms with E-state index in [2.05, 4.69) is 21.7 Å². The number of amidine groups is 1. The zero-order valence-corrected chi connectivity index (χ0v) is 19.6. The molecule has 2 N–H and O–H groups in total. The SMILES string of the molecule is CC(=O)N1CCN(C2=NCc3nc(N4CCC5(CC4)CO[C@@H](C)[C@H]5N)cnc32)c2ncccc21. The first-order chi connectivity index (χ1) is 16.5. The molecule has 2 aromatic heterocycles. The summed E-state index contributed by atoms with van der Waals surface area (Å²) in [5, 5.41) is 0. The number of aromatic nitrogens is 3. The first-order valence-corrected chi connectivity index (χ1v) is 12.0. The number of aliphatic imine (C=N–C) groups is 1. The Bertz CT molecular complexity index is 1160. The Hall–Kier alpha value is -3.11. The van der Waals surface area contributed by atoms with Crippen molar-refractivity contribution in [3.63, 3.8) is 0 Å². The third kappa shape index (κ3) is 3.27. The van der Waals surface area contributed by atoms with Gasteiger partial charge in [0.1, 0.15) is 11.5 Å². The minimum Gasteiger partial charge on any atom is -0.376 e. The maximum Gasteiger partial charge on any atom is 0.224 e. The first-order valence-electron chi connectivity index (χ1n) is 12.0. The summed E-state index contributed by atoms with van der Waals surface area (Å²) in [6, 6.07) is 3.87. The van der Waals surface area contributed by atoms with Crippen LogP contribution in [-0.2, 0) is 16.1 Å². The third-order valence-corrected chi connectivity index (χ3v) is 7.85. The van der Waals surface area contributed by atoms with Gasteiger partial charge in [0.05, 0.1) is 36.8 Å². The summed E-state index contributed by atoms with van der Waals surface area (Å²) >= 11 is 0. The molecule has 0 bridgehead atoms. The van der Waals surface area contributed by atoms with Crippen molar-refractivity contribution in [2.75, 3.05) is 47.5 Å². The van der Waals surface area contributed by atoms with Crippen molar-refractivity contribution in [3.8, 4) is 0 Å². The lowest BCUT2D eigenvalue weighted by molar-refractivity contribution is -0.116. The van der Waals surface area contributed by atoms with Gasteiger partial charge in [0, 0.05) is 50.8 Å². The van der Waals surface area contributed by atoms with E-state index in [0.717, 1.165) is 67.1 Å². The largest absolute Gasteiger partial charge is 0.376 e. The summed E-state index contributed by atoms with van der Waals surface area (Å²) in [7, 11) is 0. The molecule has 2 atom stereocenters. The van der Waals surface area contributed by atoms with Crippen molar-refractivity contribution in [1.29, 1.82) is 0 Å². The van der Waals surface area contributed by atoms with E-state index in [-0.39, 0.29) is 23.5 Å². The highest BCUT2D eigenvalue weighted by atomic mass is 16.5. The number of fused-ring (bicyclic) bond motifs is 2. The molecule has 0 aromatic carbocycles. The average molecular weight is 463 g/mol. The van der Waals surface area contributed by atoms with Crippen LogP contribution in [0.2, 0.25) is 0 Å². The molecule has 0 aliphatic carbocycles. The molecule has 2 fully saturated rings. The van der Waals surface area contributed by atoms with E-state index in [1.807, 2.05) is 18.3 Å². The van der Waals surface area contributed by atoms with Gasteiger partial charge in [-0.25, -0.2) is 15.0 Å². The molecule has 0 radical (unpaired) electrons. The molecule has 2 saturated heterocycles. The quantitative estimate of drug-likeness (QED) is 0.676. The number of pyridine rings is 1. The highest BCUT2D eigenvalue weighted by Gasteiger charge is 2.47. The molecule has 6 heterocycles. The molecule has 1 spiro atoms. The molecular formula is C24H30N8O2. The predicted octanol–water partition coefficient (Wildman–Crippen LogP) is 1.34. The van der Waals surface area contributed by atoms with Crippen LogP contribution in [0.3, 0.4) is 0 Å². The zero-order chi connectivity index (χ0) is 23.4. The molecule has 10 heteroatoms. The van der Waals surface area contributed by atoms with Gasteiger partial charge in [0.25, 0.3) is 0 Å². The van der Waals surface area contributed by atoms with E-state index in [1.54, 1.807) is 18.0 Å². The minimum absolute atomic E-state index is 0.00925. The van der Waals surface area contributed by atoms with Crippen molar-refractivity contribution in [2.24, 2.45) is 16.1 Å². The Morgan fingerprint density at radius 3 is 2.76 bits per heavy atom. The maximum atomic E-state index is 12.1. The van der Waals surface area contributed by atoms with Crippen LogP contribution in [0.5, 0.6) is 0 Å². The maximum absolute atomic E-state index is 12.1. The Morgan fingerprint density at radius 2 is 2.03 bits per heavy atom. The lowest BCUT2D eigenvalue weighted by Crippen LogP contribution is -2.50. The number of anilines is 3. The molecule has 178 valence electrons. The fraction of sp³-hybridized carbons (Fsp3) is 0.542.